The zero-order chi connectivity index (χ0) is 13.8. The van der Waals surface area contributed by atoms with Crippen molar-refractivity contribution in [1.29, 1.82) is 0 Å². The van der Waals surface area contributed by atoms with E-state index < -0.39 is 0 Å². The number of thiazole rings is 2. The molecule has 1 amide bonds. The Hall–Kier alpha value is -1.05. The Morgan fingerprint density at radius 1 is 1.63 bits per heavy atom. The van der Waals surface area contributed by atoms with Gasteiger partial charge in [0.25, 0.3) is 0 Å². The van der Waals surface area contributed by atoms with Gasteiger partial charge in [-0.1, -0.05) is 6.92 Å². The van der Waals surface area contributed by atoms with Gasteiger partial charge in [-0.15, -0.1) is 22.7 Å². The molecule has 19 heavy (non-hydrogen) atoms. The zero-order valence-electron chi connectivity index (χ0n) is 10.7. The third-order valence-electron chi connectivity index (χ3n) is 2.72. The molecule has 2 heterocycles. The van der Waals surface area contributed by atoms with Crippen molar-refractivity contribution >= 4 is 40.8 Å². The lowest BCUT2D eigenvalue weighted by Gasteiger charge is -2.09. The summed E-state index contributed by atoms with van der Waals surface area (Å²) in [7, 11) is 0. The minimum atomic E-state index is 0.0248. The van der Waals surface area contributed by atoms with Gasteiger partial charge in [0.1, 0.15) is 0 Å². The number of H-pyrrole nitrogens is 1. The third-order valence-corrected chi connectivity index (χ3v) is 5.07. The quantitative estimate of drug-likeness (QED) is 0.834. The number of aryl methyl sites for hydroxylation is 1. The number of rotatable bonds is 5. The number of amides is 1. The molecule has 0 aliphatic carbocycles. The van der Waals surface area contributed by atoms with Gasteiger partial charge in [0.05, 0.1) is 11.4 Å². The number of aromatic nitrogens is 2. The van der Waals surface area contributed by atoms with Crippen LogP contribution in [0.2, 0.25) is 0 Å². The Kier molecular flexibility index (Phi) is 4.84. The van der Waals surface area contributed by atoms with Crippen molar-refractivity contribution in [1.82, 2.24) is 15.3 Å². The maximum absolute atomic E-state index is 11.9. The molecule has 1 unspecified atom stereocenters. The molecule has 0 aliphatic rings. The summed E-state index contributed by atoms with van der Waals surface area (Å²) in [6.07, 6.45) is 2.17. The number of nitrogens with one attached hydrogen (secondary N) is 2. The van der Waals surface area contributed by atoms with Crippen LogP contribution in [0.3, 0.4) is 0 Å². The van der Waals surface area contributed by atoms with Crippen molar-refractivity contribution in [3.05, 3.63) is 31.1 Å². The second-order valence-electron chi connectivity index (χ2n) is 4.31. The number of hydrogen-bond donors (Lipinski definition) is 2. The molecule has 0 saturated heterocycles. The van der Waals surface area contributed by atoms with E-state index in [1.807, 2.05) is 12.3 Å². The number of aromatic amines is 1. The average Bonchev–Trinajstić information content (AvgIpc) is 2.97. The van der Waals surface area contributed by atoms with Gasteiger partial charge >= 0.3 is 0 Å². The Balaban J connectivity index is 1.85. The molecule has 7 heteroatoms. The second kappa shape index (κ2) is 6.40. The van der Waals surface area contributed by atoms with Crippen molar-refractivity contribution in [2.45, 2.75) is 26.2 Å². The molecule has 4 nitrogen and oxygen atoms in total. The van der Waals surface area contributed by atoms with Crippen LogP contribution in [0.1, 0.15) is 28.4 Å². The molecule has 2 aromatic rings. The summed E-state index contributed by atoms with van der Waals surface area (Å²) in [5.41, 5.74) is 0.984. The fourth-order valence-electron chi connectivity index (χ4n) is 1.65. The maximum Gasteiger partial charge on any atom is 0.225 e. The van der Waals surface area contributed by atoms with E-state index in [-0.39, 0.29) is 11.8 Å². The molecule has 0 bridgehead atoms. The third kappa shape index (κ3) is 3.95. The van der Waals surface area contributed by atoms with Gasteiger partial charge in [-0.05, 0) is 19.1 Å². The molecule has 2 rings (SSSR count). The first-order valence-electron chi connectivity index (χ1n) is 5.91. The Morgan fingerprint density at radius 3 is 3.00 bits per heavy atom. The van der Waals surface area contributed by atoms with E-state index in [9.17, 15) is 4.79 Å². The standard InChI is InChI=1S/C12H15N3OS3/c1-7(11-13-3-4-18-11)6-14-10(16)5-9-8(2)15-12(17)19-9/h3-4,7H,5-6H2,1-2H3,(H,14,16)(H,15,17). The van der Waals surface area contributed by atoms with Crippen molar-refractivity contribution in [3.63, 3.8) is 0 Å². The maximum atomic E-state index is 11.9. The van der Waals surface area contributed by atoms with Crippen molar-refractivity contribution in [2.24, 2.45) is 0 Å². The zero-order valence-corrected chi connectivity index (χ0v) is 13.2. The molecule has 2 N–H and O–H groups in total. The molecular weight excluding hydrogens is 298 g/mol. The molecule has 2 aromatic heterocycles. The predicted octanol–water partition coefficient (Wildman–Crippen LogP) is 3.03. The highest BCUT2D eigenvalue weighted by Crippen LogP contribution is 2.17. The molecule has 0 aliphatic heterocycles. The van der Waals surface area contributed by atoms with Crippen LogP contribution in [0.15, 0.2) is 11.6 Å². The highest BCUT2D eigenvalue weighted by molar-refractivity contribution is 7.73. The number of carbonyl (C=O) groups excluding carboxylic acids is 1. The first-order valence-corrected chi connectivity index (χ1v) is 8.01. The average molecular weight is 313 g/mol. The summed E-state index contributed by atoms with van der Waals surface area (Å²) in [6, 6.07) is 0. The normalized spacial score (nSPS) is 12.3. The van der Waals surface area contributed by atoms with E-state index in [1.165, 1.54) is 11.3 Å². The second-order valence-corrected chi connectivity index (χ2v) is 7.01. The van der Waals surface area contributed by atoms with Crippen LogP contribution in [-0.2, 0) is 11.2 Å². The number of hydrogen-bond acceptors (Lipinski definition) is 5. The summed E-state index contributed by atoms with van der Waals surface area (Å²) in [5, 5.41) is 5.94. The molecule has 1 atom stereocenters. The number of nitrogens with zero attached hydrogens (tertiary/aromatic N) is 1. The van der Waals surface area contributed by atoms with Crippen LogP contribution >= 0.6 is 34.9 Å². The lowest BCUT2D eigenvalue weighted by Crippen LogP contribution is -2.28. The van der Waals surface area contributed by atoms with Crippen molar-refractivity contribution in [2.75, 3.05) is 6.54 Å². The van der Waals surface area contributed by atoms with Crippen LogP contribution in [0.4, 0.5) is 0 Å². The molecule has 102 valence electrons. The SMILES string of the molecule is Cc1[nH]c(=S)sc1CC(=O)NCC(C)c1nccs1. The Labute approximate surface area is 124 Å². The van der Waals surface area contributed by atoms with Gasteiger partial charge < -0.3 is 10.3 Å². The van der Waals surface area contributed by atoms with Crippen LogP contribution < -0.4 is 5.32 Å². The van der Waals surface area contributed by atoms with E-state index in [1.54, 1.807) is 17.5 Å². The fourth-order valence-corrected chi connectivity index (χ4v) is 3.63. The largest absolute Gasteiger partial charge is 0.355 e. The number of carbonyl (C=O) groups is 1. The minimum Gasteiger partial charge on any atom is -0.355 e. The molecule has 0 saturated carbocycles. The first-order chi connectivity index (χ1) is 9.06. The predicted molar refractivity (Wildman–Crippen MR) is 81.5 cm³/mol. The summed E-state index contributed by atoms with van der Waals surface area (Å²) in [5.74, 6) is 0.270. The van der Waals surface area contributed by atoms with Crippen LogP contribution in [0, 0.1) is 10.9 Å². The smallest absolute Gasteiger partial charge is 0.225 e. The highest BCUT2D eigenvalue weighted by atomic mass is 32.1. The van der Waals surface area contributed by atoms with Gasteiger partial charge in [0, 0.05) is 34.6 Å². The molecule has 0 spiro atoms. The van der Waals surface area contributed by atoms with E-state index in [0.717, 1.165) is 19.5 Å². The van der Waals surface area contributed by atoms with Crippen LogP contribution in [-0.4, -0.2) is 22.4 Å². The minimum absolute atomic E-state index is 0.0248. The Morgan fingerprint density at radius 2 is 2.42 bits per heavy atom. The fraction of sp³-hybridized carbons (Fsp3) is 0.417. The van der Waals surface area contributed by atoms with Gasteiger partial charge in [0.15, 0.2) is 3.95 Å². The summed E-state index contributed by atoms with van der Waals surface area (Å²) in [6.45, 7) is 4.61. The Bertz CT molecular complexity index is 600. The van der Waals surface area contributed by atoms with Crippen LogP contribution in [0.25, 0.3) is 0 Å². The first kappa shape index (κ1) is 14.4. The van der Waals surface area contributed by atoms with Crippen LogP contribution in [0.5, 0.6) is 0 Å². The van der Waals surface area contributed by atoms with E-state index in [4.69, 9.17) is 12.2 Å². The van der Waals surface area contributed by atoms with E-state index in [0.29, 0.717) is 13.0 Å². The molecule has 0 aromatic carbocycles. The summed E-state index contributed by atoms with van der Waals surface area (Å²) >= 11 is 8.13. The lowest BCUT2D eigenvalue weighted by atomic mass is 10.2. The van der Waals surface area contributed by atoms with Crippen molar-refractivity contribution in [3.8, 4) is 0 Å². The van der Waals surface area contributed by atoms with E-state index >= 15 is 0 Å². The van der Waals surface area contributed by atoms with Gasteiger partial charge in [-0.25, -0.2) is 4.98 Å². The molecule has 0 radical (unpaired) electrons. The van der Waals surface area contributed by atoms with Gasteiger partial charge in [-0.2, -0.15) is 0 Å². The summed E-state index contributed by atoms with van der Waals surface area (Å²) in [4.78, 5) is 20.2. The lowest BCUT2D eigenvalue weighted by molar-refractivity contribution is -0.120. The van der Waals surface area contributed by atoms with Gasteiger partial charge in [0.2, 0.25) is 5.91 Å². The topological polar surface area (TPSA) is 57.8 Å². The van der Waals surface area contributed by atoms with Gasteiger partial charge in [-0.3, -0.25) is 4.79 Å². The van der Waals surface area contributed by atoms with E-state index in [2.05, 4.69) is 22.2 Å². The van der Waals surface area contributed by atoms with Crippen molar-refractivity contribution < 1.29 is 4.79 Å². The highest BCUT2D eigenvalue weighted by Gasteiger charge is 2.12. The molecule has 0 fully saturated rings. The monoisotopic (exact) mass is 313 g/mol. The summed E-state index contributed by atoms with van der Waals surface area (Å²) < 4.78 is 0.719. The molecular formula is C12H15N3OS3.